The van der Waals surface area contributed by atoms with Crippen LogP contribution in [0.15, 0.2) is 0 Å². The van der Waals surface area contributed by atoms with Crippen molar-refractivity contribution in [3.8, 4) is 0 Å². The summed E-state index contributed by atoms with van der Waals surface area (Å²) in [6, 6.07) is -0.329. The van der Waals surface area contributed by atoms with E-state index in [1.165, 1.54) is 6.92 Å². The van der Waals surface area contributed by atoms with Crippen LogP contribution in [0.4, 0.5) is 0 Å². The molecule has 7 rings (SSSR count). The molecule has 0 amide bonds. The molecule has 20 atom stereocenters. The van der Waals surface area contributed by atoms with Crippen LogP contribution >= 0.6 is 0 Å². The second-order valence-electron chi connectivity index (χ2n) is 19.4. The molecule has 0 radical (unpaired) electrons. The quantitative estimate of drug-likeness (QED) is 0.145. The van der Waals surface area contributed by atoms with E-state index in [4.69, 9.17) is 23.7 Å². The van der Waals surface area contributed by atoms with E-state index in [0.717, 1.165) is 27.2 Å². The minimum Gasteiger partial charge on any atom is -0.458 e. The fraction of sp³-hybridized carbons (Fsp3) is 0.902. The zero-order valence-electron chi connectivity index (χ0n) is 34.5. The molecule has 4 saturated carbocycles. The van der Waals surface area contributed by atoms with Gasteiger partial charge in [0.1, 0.15) is 17.8 Å². The highest BCUT2D eigenvalue weighted by Gasteiger charge is 2.90. The molecular formula is C41H63NO15. The first-order chi connectivity index (χ1) is 26.3. The number of ether oxygens (including phenoxy) is 5. The van der Waals surface area contributed by atoms with E-state index in [9.17, 15) is 49.8 Å². The van der Waals surface area contributed by atoms with E-state index in [1.54, 1.807) is 20.8 Å². The van der Waals surface area contributed by atoms with Crippen molar-refractivity contribution in [2.24, 2.45) is 46.8 Å². The lowest BCUT2D eigenvalue weighted by Gasteiger charge is -2.64. The summed E-state index contributed by atoms with van der Waals surface area (Å²) in [5.74, 6) is -11.5. The largest absolute Gasteiger partial charge is 0.458 e. The third-order valence-corrected chi connectivity index (χ3v) is 16.1. The van der Waals surface area contributed by atoms with E-state index in [1.807, 2.05) is 6.92 Å². The monoisotopic (exact) mass is 809 g/mol. The highest BCUT2D eigenvalue weighted by atomic mass is 16.7. The van der Waals surface area contributed by atoms with Crippen LogP contribution in [0.2, 0.25) is 0 Å². The maximum absolute atomic E-state index is 13.9. The van der Waals surface area contributed by atoms with Gasteiger partial charge < -0.3 is 54.3 Å². The van der Waals surface area contributed by atoms with Crippen molar-refractivity contribution in [3.05, 3.63) is 0 Å². The minimum absolute atomic E-state index is 0.0170. The van der Waals surface area contributed by atoms with Gasteiger partial charge in [0.25, 0.3) is 0 Å². The number of hydrogen-bond donors (Lipinski definition) is 6. The average molecular weight is 810 g/mol. The summed E-state index contributed by atoms with van der Waals surface area (Å²) in [6.07, 6.45) is -7.41. The number of aliphatic hydroxyl groups excluding tert-OH is 2. The van der Waals surface area contributed by atoms with Crippen molar-refractivity contribution in [2.45, 2.75) is 172 Å². The molecule has 0 aromatic heterocycles. The van der Waals surface area contributed by atoms with Crippen LogP contribution in [0, 0.1) is 46.8 Å². The number of hydrogen-bond acceptors (Lipinski definition) is 16. The number of piperidine rings is 2. The molecule has 7 fully saturated rings. The Kier molecular flexibility index (Phi) is 10.3. The highest BCUT2D eigenvalue weighted by molar-refractivity contribution is 5.79. The maximum Gasteiger partial charge on any atom is 0.341 e. The predicted molar refractivity (Wildman–Crippen MR) is 196 cm³/mol. The molecule has 4 aliphatic carbocycles. The molecule has 1 spiro atoms. The van der Waals surface area contributed by atoms with Gasteiger partial charge in [0, 0.05) is 44.3 Å². The van der Waals surface area contributed by atoms with Gasteiger partial charge in [-0.2, -0.15) is 0 Å². The van der Waals surface area contributed by atoms with Gasteiger partial charge in [-0.15, -0.1) is 0 Å². The molecule has 2 unspecified atom stereocenters. The van der Waals surface area contributed by atoms with Gasteiger partial charge in [0.2, 0.25) is 5.79 Å². The van der Waals surface area contributed by atoms with E-state index >= 15 is 0 Å². The Morgan fingerprint density at radius 1 is 0.930 bits per heavy atom. The summed E-state index contributed by atoms with van der Waals surface area (Å²) >= 11 is 0. The summed E-state index contributed by atoms with van der Waals surface area (Å²) < 4.78 is 31.1. The molecule has 3 heterocycles. The average Bonchev–Trinajstić information content (AvgIpc) is 3.40. The Balaban J connectivity index is 1.45. The topological polar surface area (TPSA) is 239 Å². The van der Waals surface area contributed by atoms with Gasteiger partial charge in [-0.25, -0.2) is 4.79 Å². The summed E-state index contributed by atoms with van der Waals surface area (Å²) in [5.41, 5.74) is -9.03. The Labute approximate surface area is 333 Å². The lowest BCUT2D eigenvalue weighted by Crippen LogP contribution is -2.78. The third-order valence-electron chi connectivity index (χ3n) is 16.1. The van der Waals surface area contributed by atoms with Crippen LogP contribution in [0.1, 0.15) is 101 Å². The number of fused-ring (bicyclic) bond motifs is 5. The van der Waals surface area contributed by atoms with Crippen molar-refractivity contribution < 1.29 is 73.5 Å². The Bertz CT molecular complexity index is 1650. The second-order valence-corrected chi connectivity index (χ2v) is 19.4. The van der Waals surface area contributed by atoms with Gasteiger partial charge in [-0.3, -0.25) is 19.3 Å². The van der Waals surface area contributed by atoms with Crippen molar-refractivity contribution >= 4 is 23.9 Å². The van der Waals surface area contributed by atoms with Gasteiger partial charge >= 0.3 is 23.9 Å². The van der Waals surface area contributed by atoms with Crippen LogP contribution in [0.3, 0.4) is 0 Å². The number of rotatable bonds is 8. The van der Waals surface area contributed by atoms with Gasteiger partial charge in [0.05, 0.1) is 41.2 Å². The normalized spacial score (nSPS) is 50.4. The van der Waals surface area contributed by atoms with Crippen molar-refractivity contribution in [1.82, 2.24) is 4.90 Å². The SMILES string of the molecule is CC[C@@H](C)C(=O)O[C@H]1[C@H](O)[C@H]2[C@@H](CN3C[C@@H](C)CC[C@H]3[C@@]2(C)O)[C@@H]2C[C@]34OC5(O)[C@@H](OC(=O)[C@@](C)(O)C(C)O)CC[C@@]3(C)[C@@H]5[C@@H](OC(C)=O)[C@@H](OC(C)=O)[C@H]4[C@@]21O. The molecule has 57 heavy (non-hydrogen) atoms. The minimum atomic E-state index is -2.47. The molecular weight excluding hydrogens is 746 g/mol. The standard InChI is InChI=1S/C41H63NO15/c1-10-19(3)34(47)56-33-28(46)27-23(17-42-16-18(2)11-12-25(42)38(27,9)50)24-15-39-32(40(24,33)51)30(54-22(6)45)29(53-21(5)44)31-36(39,7)14-13-26(41(31,52)57-39)55-35(48)37(8,49)20(4)43/h18-20,23-33,43,46,49-52H,10-17H2,1-9H3/t18-,19+,20?,23-,24-,25-,26-,27+,28+,29-,30+,31-,32+,33-,36-,37-,38+,39+,40-,41?/m0/s1. The number of aliphatic hydroxyl groups is 6. The van der Waals surface area contributed by atoms with Crippen LogP contribution < -0.4 is 0 Å². The number of esters is 4. The van der Waals surface area contributed by atoms with E-state index in [2.05, 4.69) is 11.8 Å². The first kappa shape index (κ1) is 42.7. The van der Waals surface area contributed by atoms with Crippen molar-refractivity contribution in [2.75, 3.05) is 13.1 Å². The summed E-state index contributed by atoms with van der Waals surface area (Å²) in [6.45, 7) is 14.7. The fourth-order valence-corrected chi connectivity index (χ4v) is 13.1. The molecule has 16 nitrogen and oxygen atoms in total. The first-order valence-corrected chi connectivity index (χ1v) is 20.8. The predicted octanol–water partition coefficient (Wildman–Crippen LogP) is 0.578. The zero-order valence-corrected chi connectivity index (χ0v) is 34.5. The number of nitrogens with zero attached hydrogens (tertiary/aromatic N) is 1. The van der Waals surface area contributed by atoms with Crippen LogP contribution in [0.5, 0.6) is 0 Å². The molecule has 6 N–H and O–H groups in total. The maximum atomic E-state index is 13.9. The second kappa shape index (κ2) is 13.8. The highest BCUT2D eigenvalue weighted by Crippen LogP contribution is 2.78. The van der Waals surface area contributed by atoms with Gasteiger partial charge in [-0.05, 0) is 77.0 Å². The Morgan fingerprint density at radius 2 is 1.54 bits per heavy atom. The smallest absolute Gasteiger partial charge is 0.341 e. The molecule has 4 bridgehead atoms. The van der Waals surface area contributed by atoms with Crippen molar-refractivity contribution in [3.63, 3.8) is 0 Å². The Hall–Kier alpha value is -2.44. The third kappa shape index (κ3) is 5.81. The van der Waals surface area contributed by atoms with Crippen LogP contribution in [-0.2, 0) is 42.9 Å². The molecule has 322 valence electrons. The number of carbonyl (C=O) groups excluding carboxylic acids is 4. The van der Waals surface area contributed by atoms with E-state index in [-0.39, 0.29) is 25.3 Å². The lowest BCUT2D eigenvalue weighted by atomic mass is 9.48. The molecule has 0 aromatic carbocycles. The van der Waals surface area contributed by atoms with Crippen LogP contribution in [0.25, 0.3) is 0 Å². The van der Waals surface area contributed by atoms with E-state index < -0.39 is 130 Å². The Morgan fingerprint density at radius 3 is 2.12 bits per heavy atom. The lowest BCUT2D eigenvalue weighted by molar-refractivity contribution is -0.301. The van der Waals surface area contributed by atoms with Crippen LogP contribution in [-0.4, -0.2) is 143 Å². The molecule has 16 heteroatoms. The van der Waals surface area contributed by atoms with Gasteiger partial charge in [-0.1, -0.05) is 27.7 Å². The molecule has 0 aromatic rings. The molecule has 3 aliphatic heterocycles. The van der Waals surface area contributed by atoms with E-state index in [0.29, 0.717) is 31.8 Å². The number of carbonyl (C=O) groups is 4. The summed E-state index contributed by atoms with van der Waals surface area (Å²) in [4.78, 5) is 55.6. The van der Waals surface area contributed by atoms with Gasteiger partial charge in [0.15, 0.2) is 17.8 Å². The summed E-state index contributed by atoms with van der Waals surface area (Å²) in [5, 5.41) is 73.2. The molecule has 7 aliphatic rings. The van der Waals surface area contributed by atoms with Crippen molar-refractivity contribution in [1.29, 1.82) is 0 Å². The first-order valence-electron chi connectivity index (χ1n) is 20.8. The fourth-order valence-electron chi connectivity index (χ4n) is 13.1. The summed E-state index contributed by atoms with van der Waals surface area (Å²) in [7, 11) is 0. The zero-order chi connectivity index (χ0) is 42.2. The molecule has 3 saturated heterocycles.